The second-order valence-electron chi connectivity index (χ2n) is 6.44. The molecule has 0 aliphatic carbocycles. The molecule has 1 atom stereocenters. The summed E-state index contributed by atoms with van der Waals surface area (Å²) in [6, 6.07) is 0. The first-order valence-electron chi connectivity index (χ1n) is 8.08. The number of nitrogens with one attached hydrogen (secondary N) is 1. The summed E-state index contributed by atoms with van der Waals surface area (Å²) in [5.41, 5.74) is 3.61. The van der Waals surface area contributed by atoms with Crippen LogP contribution in [0.3, 0.4) is 0 Å². The first-order valence-corrected chi connectivity index (χ1v) is 8.08. The zero-order chi connectivity index (χ0) is 15.7. The number of amides is 1. The number of nitrogens with two attached hydrogens (primary N) is 1. The minimum Gasteiger partial charge on any atom is -0.301 e. The lowest BCUT2D eigenvalue weighted by Crippen LogP contribution is -2.50. The Kier molecular flexibility index (Phi) is 8.57. The summed E-state index contributed by atoms with van der Waals surface area (Å²) in [4.78, 5) is 15.9. The molecule has 0 radical (unpaired) electrons. The molecule has 1 amide bonds. The molecule has 0 spiro atoms. The van der Waals surface area contributed by atoms with Crippen molar-refractivity contribution in [3.8, 4) is 0 Å². The van der Waals surface area contributed by atoms with E-state index in [0.717, 1.165) is 32.1 Å². The van der Waals surface area contributed by atoms with Crippen molar-refractivity contribution >= 4 is 5.91 Å². The smallest absolute Gasteiger partial charge is 0.248 e. The van der Waals surface area contributed by atoms with E-state index in [1.807, 2.05) is 0 Å². The zero-order valence-corrected chi connectivity index (χ0v) is 13.9. The van der Waals surface area contributed by atoms with Crippen LogP contribution in [0.1, 0.15) is 40.0 Å². The van der Waals surface area contributed by atoms with Crippen LogP contribution in [-0.4, -0.2) is 55.0 Å². The standard InChI is InChI=1S/C16H32N4O/c1-14(2)5-4-6-15(3)7-8-19-9-11-20(12-10-19)13-16(21)18-17/h5,15H,4,6-13,17H2,1-3H3,(H,18,21)/t15-/m1/s1. The van der Waals surface area contributed by atoms with Crippen LogP contribution in [0.4, 0.5) is 0 Å². The van der Waals surface area contributed by atoms with Gasteiger partial charge >= 0.3 is 0 Å². The zero-order valence-electron chi connectivity index (χ0n) is 13.9. The molecule has 5 nitrogen and oxygen atoms in total. The summed E-state index contributed by atoms with van der Waals surface area (Å²) in [5.74, 6) is 5.79. The summed E-state index contributed by atoms with van der Waals surface area (Å²) in [7, 11) is 0. The highest BCUT2D eigenvalue weighted by Gasteiger charge is 2.18. The average Bonchev–Trinajstić information content (AvgIpc) is 2.46. The number of carbonyl (C=O) groups is 1. The fourth-order valence-corrected chi connectivity index (χ4v) is 2.62. The second kappa shape index (κ2) is 9.92. The summed E-state index contributed by atoms with van der Waals surface area (Å²) < 4.78 is 0. The van der Waals surface area contributed by atoms with Crippen molar-refractivity contribution in [1.29, 1.82) is 0 Å². The van der Waals surface area contributed by atoms with Crippen molar-refractivity contribution in [2.45, 2.75) is 40.0 Å². The Balaban J connectivity index is 2.12. The van der Waals surface area contributed by atoms with Gasteiger partial charge in [-0.1, -0.05) is 18.6 Å². The molecule has 1 aliphatic heterocycles. The van der Waals surface area contributed by atoms with E-state index < -0.39 is 0 Å². The molecular formula is C16H32N4O. The Morgan fingerprint density at radius 1 is 1.19 bits per heavy atom. The summed E-state index contributed by atoms with van der Waals surface area (Å²) in [6.45, 7) is 12.3. The first kappa shape index (κ1) is 18.1. The predicted molar refractivity (Wildman–Crippen MR) is 87.7 cm³/mol. The SMILES string of the molecule is CC(C)=CCC[C@@H](C)CCN1CCN(CC(=O)NN)CC1. The third-order valence-electron chi connectivity index (χ3n) is 4.14. The van der Waals surface area contributed by atoms with Crippen molar-refractivity contribution in [2.24, 2.45) is 11.8 Å². The maximum absolute atomic E-state index is 11.2. The van der Waals surface area contributed by atoms with Gasteiger partial charge in [-0.05, 0) is 45.6 Å². The van der Waals surface area contributed by atoms with Crippen LogP contribution in [-0.2, 0) is 4.79 Å². The lowest BCUT2D eigenvalue weighted by molar-refractivity contribution is -0.122. The highest BCUT2D eigenvalue weighted by atomic mass is 16.2. The Labute approximate surface area is 129 Å². The van der Waals surface area contributed by atoms with E-state index in [-0.39, 0.29) is 5.91 Å². The van der Waals surface area contributed by atoms with Crippen LogP contribution in [0, 0.1) is 5.92 Å². The van der Waals surface area contributed by atoms with Gasteiger partial charge in [-0.15, -0.1) is 0 Å². The van der Waals surface area contributed by atoms with Gasteiger partial charge in [0.2, 0.25) is 5.91 Å². The van der Waals surface area contributed by atoms with E-state index in [0.29, 0.717) is 6.54 Å². The summed E-state index contributed by atoms with van der Waals surface area (Å²) in [6.07, 6.45) is 6.07. The van der Waals surface area contributed by atoms with Crippen molar-refractivity contribution < 1.29 is 4.79 Å². The monoisotopic (exact) mass is 296 g/mol. The van der Waals surface area contributed by atoms with Gasteiger partial charge in [0, 0.05) is 26.2 Å². The van der Waals surface area contributed by atoms with E-state index in [2.05, 4.69) is 42.1 Å². The Morgan fingerprint density at radius 2 is 1.81 bits per heavy atom. The topological polar surface area (TPSA) is 61.6 Å². The highest BCUT2D eigenvalue weighted by Crippen LogP contribution is 2.13. The molecule has 0 unspecified atom stereocenters. The second-order valence-corrected chi connectivity index (χ2v) is 6.44. The van der Waals surface area contributed by atoms with Crippen LogP contribution in [0.15, 0.2) is 11.6 Å². The maximum atomic E-state index is 11.2. The minimum atomic E-state index is -0.101. The van der Waals surface area contributed by atoms with Gasteiger partial charge in [-0.25, -0.2) is 5.84 Å². The molecule has 1 aliphatic rings. The van der Waals surface area contributed by atoms with Gasteiger partial charge in [0.15, 0.2) is 0 Å². The molecule has 3 N–H and O–H groups in total. The highest BCUT2D eigenvalue weighted by molar-refractivity contribution is 5.77. The van der Waals surface area contributed by atoms with Crippen LogP contribution in [0.25, 0.3) is 0 Å². The number of allylic oxidation sites excluding steroid dienone is 2. The van der Waals surface area contributed by atoms with E-state index in [4.69, 9.17) is 5.84 Å². The lowest BCUT2D eigenvalue weighted by atomic mass is 10.0. The largest absolute Gasteiger partial charge is 0.301 e. The Morgan fingerprint density at radius 3 is 2.38 bits per heavy atom. The van der Waals surface area contributed by atoms with Crippen molar-refractivity contribution in [3.05, 3.63) is 11.6 Å². The molecular weight excluding hydrogens is 264 g/mol. The third-order valence-corrected chi connectivity index (χ3v) is 4.14. The summed E-state index contributed by atoms with van der Waals surface area (Å²) >= 11 is 0. The molecule has 0 aromatic carbocycles. The van der Waals surface area contributed by atoms with Crippen molar-refractivity contribution in [1.82, 2.24) is 15.2 Å². The summed E-state index contributed by atoms with van der Waals surface area (Å²) in [5, 5.41) is 0. The van der Waals surface area contributed by atoms with Crippen LogP contribution >= 0.6 is 0 Å². The number of hydrogen-bond donors (Lipinski definition) is 2. The molecule has 0 aromatic heterocycles. The molecule has 1 saturated heterocycles. The lowest BCUT2D eigenvalue weighted by Gasteiger charge is -2.34. The fraction of sp³-hybridized carbons (Fsp3) is 0.812. The quantitative estimate of drug-likeness (QED) is 0.307. The number of hydrogen-bond acceptors (Lipinski definition) is 4. The molecule has 5 heteroatoms. The maximum Gasteiger partial charge on any atom is 0.248 e. The van der Waals surface area contributed by atoms with Gasteiger partial charge in [0.25, 0.3) is 0 Å². The number of piperazine rings is 1. The predicted octanol–water partition coefficient (Wildman–Crippen LogP) is 1.37. The third kappa shape index (κ3) is 8.19. The van der Waals surface area contributed by atoms with Gasteiger partial charge in [-0.2, -0.15) is 0 Å². The number of nitrogens with zero attached hydrogens (tertiary/aromatic N) is 2. The van der Waals surface area contributed by atoms with Gasteiger partial charge in [0.05, 0.1) is 6.54 Å². The molecule has 1 heterocycles. The van der Waals surface area contributed by atoms with Crippen LogP contribution in [0.2, 0.25) is 0 Å². The van der Waals surface area contributed by atoms with E-state index in [1.54, 1.807) is 0 Å². The van der Waals surface area contributed by atoms with E-state index >= 15 is 0 Å². The first-order chi connectivity index (χ1) is 10.0. The minimum absolute atomic E-state index is 0.101. The fourth-order valence-electron chi connectivity index (χ4n) is 2.62. The average molecular weight is 296 g/mol. The molecule has 21 heavy (non-hydrogen) atoms. The van der Waals surface area contributed by atoms with Crippen LogP contribution < -0.4 is 11.3 Å². The normalized spacial score (nSPS) is 18.3. The van der Waals surface area contributed by atoms with E-state index in [1.165, 1.54) is 31.4 Å². The molecule has 0 aromatic rings. The Bertz CT molecular complexity index is 331. The van der Waals surface area contributed by atoms with Gasteiger partial charge in [-0.3, -0.25) is 15.1 Å². The molecule has 0 bridgehead atoms. The molecule has 1 fully saturated rings. The molecule has 0 saturated carbocycles. The Hall–Kier alpha value is -0.910. The van der Waals surface area contributed by atoms with Crippen LogP contribution in [0.5, 0.6) is 0 Å². The number of hydrazine groups is 1. The van der Waals surface area contributed by atoms with E-state index in [9.17, 15) is 4.79 Å². The molecule has 122 valence electrons. The number of carbonyl (C=O) groups excluding carboxylic acids is 1. The van der Waals surface area contributed by atoms with Crippen molar-refractivity contribution in [3.63, 3.8) is 0 Å². The van der Waals surface area contributed by atoms with Crippen molar-refractivity contribution in [2.75, 3.05) is 39.3 Å². The molecule has 1 rings (SSSR count). The van der Waals surface area contributed by atoms with Gasteiger partial charge in [0.1, 0.15) is 0 Å². The number of rotatable bonds is 8. The van der Waals surface area contributed by atoms with Gasteiger partial charge < -0.3 is 4.90 Å².